The Morgan fingerprint density at radius 1 is 1.12 bits per heavy atom. The molecule has 2 aromatic carbocycles. The Morgan fingerprint density at radius 3 is 2.58 bits per heavy atom. The van der Waals surface area contributed by atoms with E-state index in [0.717, 1.165) is 43.5 Å². The molecule has 0 amide bonds. The highest BCUT2D eigenvalue weighted by atomic mass is 19.1. The molecular weight excluding hydrogens is 331 g/mol. The molecule has 0 aliphatic carbocycles. The van der Waals surface area contributed by atoms with Crippen molar-refractivity contribution in [1.29, 1.82) is 0 Å². The predicted molar refractivity (Wildman–Crippen MR) is 103 cm³/mol. The number of aliphatic imine (C=N–C) groups is 1. The summed E-state index contributed by atoms with van der Waals surface area (Å²) in [5.74, 6) is 1.54. The zero-order valence-corrected chi connectivity index (χ0v) is 15.3. The first-order valence-electron chi connectivity index (χ1n) is 8.79. The van der Waals surface area contributed by atoms with Crippen LogP contribution in [0.4, 0.5) is 10.1 Å². The molecule has 0 saturated carbocycles. The van der Waals surface area contributed by atoms with Crippen molar-refractivity contribution in [3.05, 3.63) is 59.9 Å². The second-order valence-corrected chi connectivity index (χ2v) is 6.18. The molecule has 0 bridgehead atoms. The number of hydrogen-bond acceptors (Lipinski definition) is 3. The second kappa shape index (κ2) is 8.56. The van der Waals surface area contributed by atoms with Crippen molar-refractivity contribution in [2.24, 2.45) is 4.99 Å². The van der Waals surface area contributed by atoms with Gasteiger partial charge in [-0.25, -0.2) is 4.39 Å². The molecule has 6 heteroatoms. The van der Waals surface area contributed by atoms with Crippen molar-refractivity contribution in [3.63, 3.8) is 0 Å². The average Bonchev–Trinajstić information content (AvgIpc) is 2.69. The monoisotopic (exact) mass is 356 g/mol. The van der Waals surface area contributed by atoms with Crippen LogP contribution in [0.15, 0.2) is 53.5 Å². The maximum absolute atomic E-state index is 14.0. The molecule has 1 aliphatic heterocycles. The molecule has 3 rings (SSSR count). The Labute approximate surface area is 154 Å². The fraction of sp³-hybridized carbons (Fsp3) is 0.350. The number of rotatable bonds is 4. The van der Waals surface area contributed by atoms with Crippen molar-refractivity contribution >= 4 is 11.6 Å². The third-order valence-electron chi connectivity index (χ3n) is 4.57. The van der Waals surface area contributed by atoms with Gasteiger partial charge in [0.1, 0.15) is 11.6 Å². The number of halogens is 1. The van der Waals surface area contributed by atoms with Crippen LogP contribution < -0.4 is 15.0 Å². The highest BCUT2D eigenvalue weighted by Crippen LogP contribution is 2.20. The van der Waals surface area contributed by atoms with Crippen LogP contribution in [0.5, 0.6) is 5.75 Å². The number of methoxy groups -OCH3 is 1. The van der Waals surface area contributed by atoms with Gasteiger partial charge in [0, 0.05) is 39.8 Å². The summed E-state index contributed by atoms with van der Waals surface area (Å²) in [4.78, 5) is 8.68. The summed E-state index contributed by atoms with van der Waals surface area (Å²) < 4.78 is 19.2. The summed E-state index contributed by atoms with van der Waals surface area (Å²) in [5.41, 5.74) is 1.81. The molecule has 0 radical (unpaired) electrons. The number of nitrogens with zero attached hydrogens (tertiary/aromatic N) is 3. The lowest BCUT2D eigenvalue weighted by molar-refractivity contribution is 0.370. The molecule has 1 N–H and O–H groups in total. The number of anilines is 1. The summed E-state index contributed by atoms with van der Waals surface area (Å²) >= 11 is 0. The first kappa shape index (κ1) is 18.0. The van der Waals surface area contributed by atoms with Crippen LogP contribution in [0.3, 0.4) is 0 Å². The zero-order valence-electron chi connectivity index (χ0n) is 15.3. The van der Waals surface area contributed by atoms with E-state index in [9.17, 15) is 4.39 Å². The number of piperazine rings is 1. The highest BCUT2D eigenvalue weighted by Gasteiger charge is 2.21. The average molecular weight is 356 g/mol. The van der Waals surface area contributed by atoms with E-state index in [1.807, 2.05) is 30.3 Å². The Kier molecular flexibility index (Phi) is 5.94. The number of para-hydroxylation sites is 1. The van der Waals surface area contributed by atoms with Crippen molar-refractivity contribution in [2.45, 2.75) is 6.54 Å². The van der Waals surface area contributed by atoms with E-state index in [0.29, 0.717) is 12.2 Å². The van der Waals surface area contributed by atoms with Crippen LogP contribution in [0.1, 0.15) is 5.56 Å². The molecule has 0 atom stereocenters. The van der Waals surface area contributed by atoms with Gasteiger partial charge in [0.15, 0.2) is 5.96 Å². The Morgan fingerprint density at radius 2 is 1.88 bits per heavy atom. The largest absolute Gasteiger partial charge is 0.497 e. The topological polar surface area (TPSA) is 40.1 Å². The zero-order chi connectivity index (χ0) is 18.4. The molecular formula is C20H25FN4O. The van der Waals surface area contributed by atoms with E-state index >= 15 is 0 Å². The molecule has 0 aromatic heterocycles. The first-order valence-corrected chi connectivity index (χ1v) is 8.79. The number of benzene rings is 2. The molecule has 0 unspecified atom stereocenters. The minimum Gasteiger partial charge on any atom is -0.497 e. The summed E-state index contributed by atoms with van der Waals surface area (Å²) in [5, 5.41) is 3.40. The summed E-state index contributed by atoms with van der Waals surface area (Å²) in [6.07, 6.45) is 0. The maximum atomic E-state index is 14.0. The van der Waals surface area contributed by atoms with Gasteiger partial charge in [-0.05, 0) is 29.8 Å². The second-order valence-electron chi connectivity index (χ2n) is 6.18. The first-order chi connectivity index (χ1) is 12.7. The Hall–Kier alpha value is -2.76. The van der Waals surface area contributed by atoms with Crippen LogP contribution >= 0.6 is 0 Å². The minimum absolute atomic E-state index is 0.165. The number of guanidine groups is 1. The fourth-order valence-electron chi connectivity index (χ4n) is 3.16. The quantitative estimate of drug-likeness (QED) is 0.676. The molecule has 1 saturated heterocycles. The van der Waals surface area contributed by atoms with Crippen molar-refractivity contribution in [3.8, 4) is 5.75 Å². The molecule has 2 aromatic rings. The van der Waals surface area contributed by atoms with E-state index in [2.05, 4.69) is 26.2 Å². The SMILES string of the molecule is CN=C(NCc1cccc(OC)c1)N1CCN(c2ccccc2F)CC1. The standard InChI is InChI=1S/C20H25FN4O/c1-22-20(23-15-16-6-5-7-17(14-16)26-2)25-12-10-24(11-13-25)19-9-4-3-8-18(19)21/h3-9,14H,10-13,15H2,1-2H3,(H,22,23). The Balaban J connectivity index is 1.56. The molecule has 26 heavy (non-hydrogen) atoms. The molecule has 1 aliphatic rings. The van der Waals surface area contributed by atoms with Crippen LogP contribution in [-0.4, -0.2) is 51.2 Å². The molecule has 1 fully saturated rings. The van der Waals surface area contributed by atoms with Gasteiger partial charge in [0.25, 0.3) is 0 Å². The van der Waals surface area contributed by atoms with Gasteiger partial charge in [-0.15, -0.1) is 0 Å². The number of hydrogen-bond donors (Lipinski definition) is 1. The van der Waals surface area contributed by atoms with Gasteiger partial charge in [0.05, 0.1) is 12.8 Å². The summed E-state index contributed by atoms with van der Waals surface area (Å²) in [7, 11) is 3.46. The maximum Gasteiger partial charge on any atom is 0.194 e. The fourth-order valence-corrected chi connectivity index (χ4v) is 3.16. The van der Waals surface area contributed by atoms with E-state index in [1.165, 1.54) is 6.07 Å². The molecule has 138 valence electrons. The smallest absolute Gasteiger partial charge is 0.194 e. The lowest BCUT2D eigenvalue weighted by atomic mass is 10.2. The molecule has 0 spiro atoms. The lowest BCUT2D eigenvalue weighted by Crippen LogP contribution is -2.52. The number of nitrogens with one attached hydrogen (secondary N) is 1. The predicted octanol–water partition coefficient (Wildman–Crippen LogP) is 2.73. The van der Waals surface area contributed by atoms with Crippen molar-refractivity contribution in [1.82, 2.24) is 10.2 Å². The third kappa shape index (κ3) is 4.25. The normalized spacial score (nSPS) is 15.1. The Bertz CT molecular complexity index is 757. The van der Waals surface area contributed by atoms with E-state index in [4.69, 9.17) is 4.74 Å². The third-order valence-corrected chi connectivity index (χ3v) is 4.57. The van der Waals surface area contributed by atoms with Gasteiger partial charge in [-0.3, -0.25) is 4.99 Å². The molecule has 5 nitrogen and oxygen atoms in total. The van der Waals surface area contributed by atoms with Crippen LogP contribution in [0.25, 0.3) is 0 Å². The summed E-state index contributed by atoms with van der Waals surface area (Å²) in [6, 6.07) is 14.9. The van der Waals surface area contributed by atoms with Crippen LogP contribution in [0, 0.1) is 5.82 Å². The van der Waals surface area contributed by atoms with E-state index in [-0.39, 0.29) is 5.82 Å². The van der Waals surface area contributed by atoms with Crippen LogP contribution in [-0.2, 0) is 6.54 Å². The van der Waals surface area contributed by atoms with E-state index in [1.54, 1.807) is 20.2 Å². The lowest BCUT2D eigenvalue weighted by Gasteiger charge is -2.37. The van der Waals surface area contributed by atoms with Gasteiger partial charge >= 0.3 is 0 Å². The van der Waals surface area contributed by atoms with Gasteiger partial charge < -0.3 is 19.9 Å². The van der Waals surface area contributed by atoms with Gasteiger partial charge in [0.2, 0.25) is 0 Å². The minimum atomic E-state index is -0.165. The summed E-state index contributed by atoms with van der Waals surface area (Å²) in [6.45, 7) is 3.80. The van der Waals surface area contributed by atoms with Gasteiger partial charge in [-0.1, -0.05) is 24.3 Å². The highest BCUT2D eigenvalue weighted by molar-refractivity contribution is 5.80. The van der Waals surface area contributed by atoms with E-state index < -0.39 is 0 Å². The molecule has 1 heterocycles. The van der Waals surface area contributed by atoms with Crippen molar-refractivity contribution < 1.29 is 9.13 Å². The van der Waals surface area contributed by atoms with Gasteiger partial charge in [-0.2, -0.15) is 0 Å². The van der Waals surface area contributed by atoms with Crippen molar-refractivity contribution in [2.75, 3.05) is 45.2 Å². The number of ether oxygens (including phenoxy) is 1. The van der Waals surface area contributed by atoms with Crippen LogP contribution in [0.2, 0.25) is 0 Å².